The van der Waals surface area contributed by atoms with Gasteiger partial charge in [0.25, 0.3) is 0 Å². The van der Waals surface area contributed by atoms with E-state index in [1.54, 1.807) is 24.4 Å². The zero-order valence-corrected chi connectivity index (χ0v) is 11.3. The highest BCUT2D eigenvalue weighted by molar-refractivity contribution is 7.91. The predicted molar refractivity (Wildman–Crippen MR) is 67.5 cm³/mol. The smallest absolute Gasteiger partial charge is 0.250 e. The second kappa shape index (κ2) is 5.19. The summed E-state index contributed by atoms with van der Waals surface area (Å²) in [5, 5.41) is 5.45. The van der Waals surface area contributed by atoms with Gasteiger partial charge in [-0.25, -0.2) is 13.1 Å². The molecule has 0 unspecified atom stereocenters. The zero-order valence-electron chi connectivity index (χ0n) is 9.71. The Morgan fingerprint density at radius 3 is 2.83 bits per heavy atom. The summed E-state index contributed by atoms with van der Waals surface area (Å²) >= 11 is 1.15. The summed E-state index contributed by atoms with van der Waals surface area (Å²) < 4.78 is 31.5. The van der Waals surface area contributed by atoms with Gasteiger partial charge < -0.3 is 10.3 Å². The number of rotatable bonds is 5. The number of aromatic nitrogens is 1. The van der Waals surface area contributed by atoms with Crippen LogP contribution in [0.15, 0.2) is 26.2 Å². The molecule has 0 aliphatic rings. The molecule has 0 saturated carbocycles. The minimum atomic E-state index is -3.51. The largest absolute Gasteiger partial charge is 0.361 e. The van der Waals surface area contributed by atoms with Crippen molar-refractivity contribution in [1.29, 1.82) is 0 Å². The Morgan fingerprint density at radius 2 is 2.28 bits per heavy atom. The molecule has 6 nitrogen and oxygen atoms in total. The lowest BCUT2D eigenvalue weighted by Crippen LogP contribution is -2.22. The van der Waals surface area contributed by atoms with Crippen LogP contribution in [0.2, 0.25) is 0 Å². The minimum absolute atomic E-state index is 0.107. The minimum Gasteiger partial charge on any atom is -0.361 e. The lowest BCUT2D eigenvalue weighted by molar-refractivity contribution is 0.390. The van der Waals surface area contributed by atoms with Crippen molar-refractivity contribution in [3.05, 3.63) is 34.5 Å². The maximum absolute atomic E-state index is 11.9. The van der Waals surface area contributed by atoms with Crippen LogP contribution in [0.3, 0.4) is 0 Å². The molecule has 0 aromatic carbocycles. The van der Waals surface area contributed by atoms with Crippen LogP contribution >= 0.6 is 11.3 Å². The third kappa shape index (κ3) is 2.96. The van der Waals surface area contributed by atoms with Crippen LogP contribution in [0.5, 0.6) is 0 Å². The molecule has 2 aromatic heterocycles. The molecular formula is C10H13N3O3S2. The highest BCUT2D eigenvalue weighted by Gasteiger charge is 2.16. The number of hydrogen-bond acceptors (Lipinski definition) is 6. The maximum Gasteiger partial charge on any atom is 0.250 e. The van der Waals surface area contributed by atoms with Crippen molar-refractivity contribution in [2.24, 2.45) is 5.73 Å². The van der Waals surface area contributed by atoms with Crippen molar-refractivity contribution in [2.75, 3.05) is 0 Å². The van der Waals surface area contributed by atoms with Crippen molar-refractivity contribution in [2.45, 2.75) is 24.2 Å². The highest BCUT2D eigenvalue weighted by Crippen LogP contribution is 2.19. The fourth-order valence-corrected chi connectivity index (χ4v) is 3.61. The van der Waals surface area contributed by atoms with Crippen LogP contribution in [0, 0.1) is 6.92 Å². The van der Waals surface area contributed by atoms with Gasteiger partial charge in [0.05, 0.1) is 12.2 Å². The molecule has 2 heterocycles. The third-order valence-corrected chi connectivity index (χ3v) is 5.14. The first-order valence-electron chi connectivity index (χ1n) is 5.20. The van der Waals surface area contributed by atoms with Gasteiger partial charge in [-0.05, 0) is 23.9 Å². The molecule has 0 radical (unpaired) electrons. The molecule has 0 aliphatic carbocycles. The summed E-state index contributed by atoms with van der Waals surface area (Å²) in [6.45, 7) is 2.18. The zero-order chi connectivity index (χ0) is 13.2. The van der Waals surface area contributed by atoms with E-state index in [1.165, 1.54) is 0 Å². The molecular weight excluding hydrogens is 274 g/mol. The quantitative estimate of drug-likeness (QED) is 0.854. The molecule has 0 aliphatic heterocycles. The second-order valence-electron chi connectivity index (χ2n) is 3.73. The first kappa shape index (κ1) is 13.2. The topological polar surface area (TPSA) is 98.2 Å². The van der Waals surface area contributed by atoms with Gasteiger partial charge in [0.2, 0.25) is 10.0 Å². The average Bonchev–Trinajstić information content (AvgIpc) is 2.95. The van der Waals surface area contributed by atoms with Gasteiger partial charge in [-0.2, -0.15) is 0 Å². The summed E-state index contributed by atoms with van der Waals surface area (Å²) in [4.78, 5) is 0. The van der Waals surface area contributed by atoms with Crippen molar-refractivity contribution in [1.82, 2.24) is 9.88 Å². The predicted octanol–water partition coefficient (Wildman–Crippen LogP) is 0.982. The molecule has 0 spiro atoms. The number of aryl methyl sites for hydroxylation is 1. The van der Waals surface area contributed by atoms with Crippen molar-refractivity contribution < 1.29 is 12.9 Å². The summed E-state index contributed by atoms with van der Waals surface area (Å²) in [6.07, 6.45) is 0. The van der Waals surface area contributed by atoms with Crippen molar-refractivity contribution >= 4 is 21.4 Å². The van der Waals surface area contributed by atoms with Crippen molar-refractivity contribution in [3.8, 4) is 0 Å². The van der Waals surface area contributed by atoms with E-state index < -0.39 is 10.0 Å². The standard InChI is InChI=1S/C10H13N3O3S2/c1-7-2-9(13-16-7)5-12-18(14,15)10-3-8(4-11)6-17-10/h2-3,6,12H,4-5,11H2,1H3. The van der Waals surface area contributed by atoms with Crippen LogP contribution < -0.4 is 10.5 Å². The van der Waals surface area contributed by atoms with E-state index in [1.807, 2.05) is 0 Å². The lowest BCUT2D eigenvalue weighted by Gasteiger charge is -2.01. The van der Waals surface area contributed by atoms with Crippen LogP contribution in [-0.2, 0) is 23.1 Å². The van der Waals surface area contributed by atoms with Gasteiger partial charge in [-0.3, -0.25) is 0 Å². The van der Waals surface area contributed by atoms with Gasteiger partial charge >= 0.3 is 0 Å². The first-order chi connectivity index (χ1) is 8.51. The third-order valence-electron chi connectivity index (χ3n) is 2.25. The maximum atomic E-state index is 11.9. The van der Waals surface area contributed by atoms with Gasteiger partial charge in [-0.1, -0.05) is 5.16 Å². The first-order valence-corrected chi connectivity index (χ1v) is 7.57. The van der Waals surface area contributed by atoms with E-state index in [0.717, 1.165) is 16.9 Å². The number of thiophene rings is 1. The number of nitrogens with zero attached hydrogens (tertiary/aromatic N) is 1. The molecule has 0 atom stereocenters. The molecule has 3 N–H and O–H groups in total. The van der Waals surface area contributed by atoms with Crippen LogP contribution in [0.4, 0.5) is 0 Å². The fraction of sp³-hybridized carbons (Fsp3) is 0.300. The van der Waals surface area contributed by atoms with E-state index >= 15 is 0 Å². The molecule has 0 fully saturated rings. The number of nitrogens with two attached hydrogens (primary N) is 1. The second-order valence-corrected chi connectivity index (χ2v) is 6.64. The van der Waals surface area contributed by atoms with E-state index in [9.17, 15) is 8.42 Å². The molecule has 0 amide bonds. The summed E-state index contributed by atoms with van der Waals surface area (Å²) in [6, 6.07) is 3.25. The summed E-state index contributed by atoms with van der Waals surface area (Å²) in [7, 11) is -3.51. The van der Waals surface area contributed by atoms with Crippen LogP contribution in [0.1, 0.15) is 17.0 Å². The van der Waals surface area contributed by atoms with Gasteiger partial charge in [0.15, 0.2) is 0 Å². The number of sulfonamides is 1. The molecule has 2 rings (SSSR count). The Balaban J connectivity index is 2.07. The monoisotopic (exact) mass is 287 g/mol. The number of hydrogen-bond donors (Lipinski definition) is 2. The van der Waals surface area contributed by atoms with Crippen LogP contribution in [-0.4, -0.2) is 13.6 Å². The van der Waals surface area contributed by atoms with E-state index in [2.05, 4.69) is 9.88 Å². The Hall–Kier alpha value is -1.22. The van der Waals surface area contributed by atoms with Crippen molar-refractivity contribution in [3.63, 3.8) is 0 Å². The normalized spacial score (nSPS) is 11.9. The van der Waals surface area contributed by atoms with Gasteiger partial charge in [0.1, 0.15) is 9.97 Å². The molecule has 0 saturated heterocycles. The highest BCUT2D eigenvalue weighted by atomic mass is 32.2. The fourth-order valence-electron chi connectivity index (χ4n) is 1.34. The van der Waals surface area contributed by atoms with E-state index in [0.29, 0.717) is 18.0 Å². The SMILES string of the molecule is Cc1cc(CNS(=O)(=O)c2cc(CN)cs2)no1. The number of nitrogens with one attached hydrogen (secondary N) is 1. The van der Waals surface area contributed by atoms with E-state index in [-0.39, 0.29) is 10.8 Å². The summed E-state index contributed by atoms with van der Waals surface area (Å²) in [5.74, 6) is 0.644. The summed E-state index contributed by atoms with van der Waals surface area (Å²) in [5.41, 5.74) is 6.79. The van der Waals surface area contributed by atoms with Gasteiger partial charge in [-0.15, -0.1) is 11.3 Å². The Bertz CT molecular complexity index is 630. The molecule has 0 bridgehead atoms. The molecule has 2 aromatic rings. The molecule has 8 heteroatoms. The van der Waals surface area contributed by atoms with E-state index in [4.69, 9.17) is 10.3 Å². The van der Waals surface area contributed by atoms with Gasteiger partial charge in [0, 0.05) is 12.6 Å². The lowest BCUT2D eigenvalue weighted by atomic mass is 10.4. The molecule has 98 valence electrons. The molecule has 18 heavy (non-hydrogen) atoms. The Kier molecular flexibility index (Phi) is 3.81. The Labute approximate surface area is 109 Å². The van der Waals surface area contributed by atoms with Crippen LogP contribution in [0.25, 0.3) is 0 Å². The Morgan fingerprint density at radius 1 is 1.50 bits per heavy atom. The average molecular weight is 287 g/mol.